The minimum atomic E-state index is -0.570. The van der Waals surface area contributed by atoms with Gasteiger partial charge in [0.15, 0.2) is 0 Å². The largest absolute Gasteiger partial charge is 0.360 e. The number of carbonyl (C=O) groups excluding carboxylic acids is 1. The van der Waals surface area contributed by atoms with E-state index in [1.807, 2.05) is 0 Å². The van der Waals surface area contributed by atoms with Gasteiger partial charge in [-0.3, -0.25) is 10.1 Å². The molecule has 4 fully saturated rings. The smallest absolute Gasteiger partial charge is 0.263 e. The maximum absolute atomic E-state index is 14.5. The lowest BCUT2D eigenvalue weighted by Crippen LogP contribution is -2.48. The van der Waals surface area contributed by atoms with Crippen molar-refractivity contribution in [2.75, 3.05) is 5.32 Å². The van der Waals surface area contributed by atoms with Gasteiger partial charge in [0.05, 0.1) is 10.6 Å². The highest BCUT2D eigenvalue weighted by atomic mass is 35.5. The Hall–Kier alpha value is -2.32. The first-order chi connectivity index (χ1) is 15.4. The highest BCUT2D eigenvalue weighted by Gasteiger charge is 2.53. The van der Waals surface area contributed by atoms with Crippen molar-refractivity contribution in [2.45, 2.75) is 50.9 Å². The van der Waals surface area contributed by atoms with Crippen LogP contribution in [-0.4, -0.2) is 21.3 Å². The zero-order chi connectivity index (χ0) is 22.0. The van der Waals surface area contributed by atoms with Gasteiger partial charge in [-0.25, -0.2) is 4.39 Å². The van der Waals surface area contributed by atoms with Crippen molar-refractivity contribution in [1.82, 2.24) is 15.4 Å². The minimum absolute atomic E-state index is 0.0442. The Kier molecular flexibility index (Phi) is 4.66. The molecular weight excluding hydrogens is 451 g/mol. The molecule has 1 amide bonds. The molecule has 0 saturated heterocycles. The summed E-state index contributed by atoms with van der Waals surface area (Å²) in [6.45, 7) is 1.61. The lowest BCUT2D eigenvalue weighted by atomic mass is 9.50. The summed E-state index contributed by atoms with van der Waals surface area (Å²) in [6.07, 6.45) is 7.62. The first-order valence-electron chi connectivity index (χ1n) is 11.0. The topological polar surface area (TPSA) is 80.9 Å². The Morgan fingerprint density at radius 2 is 1.88 bits per heavy atom. The van der Waals surface area contributed by atoms with Gasteiger partial charge in [0, 0.05) is 5.41 Å². The first kappa shape index (κ1) is 20.3. The summed E-state index contributed by atoms with van der Waals surface area (Å²) in [7, 11) is 0. The van der Waals surface area contributed by atoms with E-state index in [4.69, 9.17) is 16.1 Å². The number of halogens is 2. The number of aryl methyl sites for hydroxylation is 1. The van der Waals surface area contributed by atoms with Crippen LogP contribution in [0.5, 0.6) is 0 Å². The third kappa shape index (κ3) is 3.18. The van der Waals surface area contributed by atoms with Crippen molar-refractivity contribution in [3.63, 3.8) is 0 Å². The van der Waals surface area contributed by atoms with Gasteiger partial charge in [0.1, 0.15) is 27.8 Å². The Bertz CT molecular complexity index is 1170. The predicted octanol–water partition coefficient (Wildman–Crippen LogP) is 6.01. The normalized spacial score (nSPS) is 28.3. The molecule has 7 rings (SSSR count). The maximum Gasteiger partial charge on any atom is 0.263 e. The van der Waals surface area contributed by atoms with E-state index in [0.717, 1.165) is 22.8 Å². The van der Waals surface area contributed by atoms with Crippen LogP contribution < -0.4 is 5.32 Å². The number of anilines is 1. The van der Waals surface area contributed by atoms with Crippen LogP contribution in [-0.2, 0) is 5.41 Å². The SMILES string of the molecule is Cc1onc(-c2c(F)cccc2Cl)c1C(=O)Nc1nnc(C23CC4CC(CC(C4)C2)C3)s1. The Labute approximate surface area is 193 Å². The Balaban J connectivity index is 1.28. The summed E-state index contributed by atoms with van der Waals surface area (Å²) < 4.78 is 19.7. The molecule has 3 aromatic rings. The number of amides is 1. The van der Waals surface area contributed by atoms with Crippen LogP contribution in [0.3, 0.4) is 0 Å². The van der Waals surface area contributed by atoms with Crippen LogP contribution in [0.1, 0.15) is 59.7 Å². The van der Waals surface area contributed by atoms with Gasteiger partial charge >= 0.3 is 0 Å². The van der Waals surface area contributed by atoms with E-state index >= 15 is 0 Å². The van der Waals surface area contributed by atoms with E-state index < -0.39 is 11.7 Å². The van der Waals surface area contributed by atoms with E-state index in [1.54, 1.807) is 13.0 Å². The summed E-state index contributed by atoms with van der Waals surface area (Å²) in [5, 5.41) is 17.1. The fraction of sp³-hybridized carbons (Fsp3) is 0.478. The second kappa shape index (κ2) is 7.35. The Morgan fingerprint density at radius 1 is 1.19 bits per heavy atom. The molecule has 0 atom stereocenters. The second-order valence-electron chi connectivity index (χ2n) is 9.62. The molecule has 9 heteroatoms. The van der Waals surface area contributed by atoms with Crippen LogP contribution in [0, 0.1) is 30.5 Å². The third-order valence-corrected chi connectivity index (χ3v) is 8.83. The zero-order valence-corrected chi connectivity index (χ0v) is 19.1. The van der Waals surface area contributed by atoms with Gasteiger partial charge < -0.3 is 4.52 Å². The highest BCUT2D eigenvalue weighted by Crippen LogP contribution is 2.61. The molecule has 4 bridgehead atoms. The molecule has 2 heterocycles. The van der Waals surface area contributed by atoms with Gasteiger partial charge in [-0.2, -0.15) is 0 Å². The van der Waals surface area contributed by atoms with Crippen LogP contribution in [0.4, 0.5) is 9.52 Å². The van der Waals surface area contributed by atoms with E-state index in [9.17, 15) is 9.18 Å². The number of carbonyl (C=O) groups is 1. The average Bonchev–Trinajstić information content (AvgIpc) is 3.34. The molecule has 0 spiro atoms. The van der Waals surface area contributed by atoms with E-state index in [-0.39, 0.29) is 33.0 Å². The van der Waals surface area contributed by atoms with Crippen molar-refractivity contribution >= 4 is 34.0 Å². The maximum atomic E-state index is 14.5. The zero-order valence-electron chi connectivity index (χ0n) is 17.5. The molecule has 1 aromatic carbocycles. The monoisotopic (exact) mass is 472 g/mol. The molecule has 0 unspecified atom stereocenters. The van der Waals surface area contributed by atoms with Crippen LogP contribution >= 0.6 is 22.9 Å². The lowest BCUT2D eigenvalue weighted by Gasteiger charge is -2.55. The van der Waals surface area contributed by atoms with Gasteiger partial charge in [-0.15, -0.1) is 10.2 Å². The first-order valence-corrected chi connectivity index (χ1v) is 12.2. The number of hydrogen-bond acceptors (Lipinski definition) is 6. The van der Waals surface area contributed by atoms with Crippen molar-refractivity contribution in [3.05, 3.63) is 45.4 Å². The summed E-state index contributed by atoms with van der Waals surface area (Å²) >= 11 is 7.65. The lowest BCUT2D eigenvalue weighted by molar-refractivity contribution is -0.00555. The number of benzene rings is 1. The van der Waals surface area contributed by atoms with E-state index in [1.165, 1.54) is 62.0 Å². The quantitative estimate of drug-likeness (QED) is 0.502. The molecule has 0 radical (unpaired) electrons. The molecule has 0 aliphatic heterocycles. The third-order valence-electron chi connectivity index (χ3n) is 7.43. The van der Waals surface area contributed by atoms with Gasteiger partial charge in [0.2, 0.25) is 5.13 Å². The van der Waals surface area contributed by atoms with Crippen molar-refractivity contribution in [3.8, 4) is 11.3 Å². The van der Waals surface area contributed by atoms with Crippen molar-refractivity contribution < 1.29 is 13.7 Å². The van der Waals surface area contributed by atoms with Crippen LogP contribution in [0.2, 0.25) is 5.02 Å². The van der Waals surface area contributed by atoms with Gasteiger partial charge in [-0.05, 0) is 75.3 Å². The number of nitrogens with zero attached hydrogens (tertiary/aromatic N) is 3. The standard InChI is InChI=1S/C23H22ClFN4O2S/c1-11-17(19(29-31-11)18-15(24)3-2-4-16(18)25)20(30)26-22-28-27-21(32-22)23-8-12-5-13(9-23)7-14(6-12)10-23/h2-4,12-14H,5-10H2,1H3,(H,26,28,30). The number of hydrogen-bond donors (Lipinski definition) is 1. The van der Waals surface area contributed by atoms with E-state index in [2.05, 4.69) is 20.7 Å². The molecule has 4 aliphatic carbocycles. The summed E-state index contributed by atoms with van der Waals surface area (Å²) in [5.41, 5.74) is 0.383. The fourth-order valence-corrected chi connectivity index (χ4v) is 7.76. The minimum Gasteiger partial charge on any atom is -0.360 e. The molecular formula is C23H22ClFN4O2S. The fourth-order valence-electron chi connectivity index (χ4n) is 6.55. The predicted molar refractivity (Wildman–Crippen MR) is 119 cm³/mol. The molecule has 32 heavy (non-hydrogen) atoms. The molecule has 1 N–H and O–H groups in total. The van der Waals surface area contributed by atoms with Crippen LogP contribution in [0.25, 0.3) is 11.3 Å². The number of aromatic nitrogens is 3. The molecule has 6 nitrogen and oxygen atoms in total. The summed E-state index contributed by atoms with van der Waals surface area (Å²) in [4.78, 5) is 13.1. The summed E-state index contributed by atoms with van der Waals surface area (Å²) in [6, 6.07) is 4.32. The average molecular weight is 473 g/mol. The van der Waals surface area contributed by atoms with Crippen molar-refractivity contribution in [2.24, 2.45) is 17.8 Å². The van der Waals surface area contributed by atoms with E-state index in [0.29, 0.717) is 5.13 Å². The van der Waals surface area contributed by atoms with Crippen molar-refractivity contribution in [1.29, 1.82) is 0 Å². The highest BCUT2D eigenvalue weighted by molar-refractivity contribution is 7.15. The molecule has 166 valence electrons. The molecule has 4 aliphatic rings. The van der Waals surface area contributed by atoms with Gasteiger partial charge in [-0.1, -0.05) is 34.2 Å². The number of nitrogens with one attached hydrogen (secondary N) is 1. The Morgan fingerprint density at radius 3 is 2.53 bits per heavy atom. The molecule has 2 aromatic heterocycles. The van der Waals surface area contributed by atoms with Crippen LogP contribution in [0.15, 0.2) is 22.7 Å². The van der Waals surface area contributed by atoms with Gasteiger partial charge in [0.25, 0.3) is 5.91 Å². The summed E-state index contributed by atoms with van der Waals surface area (Å²) in [5.74, 6) is 1.65. The molecule has 4 saturated carbocycles. The second-order valence-corrected chi connectivity index (χ2v) is 11.0. The number of rotatable bonds is 4.